The zero-order valence-corrected chi connectivity index (χ0v) is 19.7. The zero-order chi connectivity index (χ0) is 24.4. The number of aromatic nitrogens is 1. The van der Waals surface area contributed by atoms with Crippen molar-refractivity contribution >= 4 is 35.0 Å². The topological polar surface area (TPSA) is 92.4 Å². The molecule has 2 aromatic carbocycles. The predicted octanol–water partition coefficient (Wildman–Crippen LogP) is 4.99. The molecule has 7 nitrogen and oxygen atoms in total. The molecule has 0 atom stereocenters. The lowest BCUT2D eigenvalue weighted by Crippen LogP contribution is -2.27. The van der Waals surface area contributed by atoms with Crippen LogP contribution in [-0.4, -0.2) is 33.7 Å². The monoisotopic (exact) mass is 471 g/mol. The number of nitrogens with zero attached hydrogens (tertiary/aromatic N) is 3. The summed E-state index contributed by atoms with van der Waals surface area (Å²) < 4.78 is 6.84. The van der Waals surface area contributed by atoms with E-state index in [1.165, 1.54) is 7.11 Å². The summed E-state index contributed by atoms with van der Waals surface area (Å²) in [5.74, 6) is -0.842. The van der Waals surface area contributed by atoms with Crippen molar-refractivity contribution in [2.24, 2.45) is 0 Å². The van der Waals surface area contributed by atoms with E-state index in [9.17, 15) is 19.6 Å². The largest absolute Gasteiger partial charge is 0.465 e. The van der Waals surface area contributed by atoms with Gasteiger partial charge in [0.2, 0.25) is 0 Å². The molecule has 170 valence electrons. The Kier molecular flexibility index (Phi) is 6.39. The Morgan fingerprint density at radius 2 is 1.82 bits per heavy atom. The number of rotatable bonds is 5. The number of amides is 2. The average molecular weight is 472 g/mol. The molecule has 1 aromatic heterocycles. The summed E-state index contributed by atoms with van der Waals surface area (Å²) >= 11 is 0.873. The van der Waals surface area contributed by atoms with Gasteiger partial charge in [-0.2, -0.15) is 5.26 Å². The van der Waals surface area contributed by atoms with Crippen molar-refractivity contribution in [1.29, 1.82) is 5.26 Å². The zero-order valence-electron chi connectivity index (χ0n) is 18.9. The third-order valence-corrected chi connectivity index (χ3v) is 6.55. The molecule has 1 aliphatic heterocycles. The Hall–Kier alpha value is -4.09. The van der Waals surface area contributed by atoms with Crippen LogP contribution in [0.5, 0.6) is 0 Å². The standard InChI is InChI=1S/C26H21N3O4S/c1-16-12-20(17(2)29(16)22-11-7-6-10-21(22)25(31)33-3)13-23-24(30)28(26(32)34-23)15-19-9-5-4-8-18(19)14-27/h4-13H,15H2,1-3H3/b23-13+. The number of ether oxygens (including phenoxy) is 1. The summed E-state index contributed by atoms with van der Waals surface area (Å²) in [6, 6.07) is 18.0. The minimum absolute atomic E-state index is 0.0390. The van der Waals surface area contributed by atoms with Crippen molar-refractivity contribution in [3.63, 3.8) is 0 Å². The van der Waals surface area contributed by atoms with Crippen molar-refractivity contribution in [1.82, 2.24) is 9.47 Å². The Morgan fingerprint density at radius 3 is 2.56 bits per heavy atom. The second kappa shape index (κ2) is 9.41. The van der Waals surface area contributed by atoms with E-state index < -0.39 is 11.9 Å². The van der Waals surface area contributed by atoms with Crippen LogP contribution >= 0.6 is 11.8 Å². The van der Waals surface area contributed by atoms with Crippen molar-refractivity contribution < 1.29 is 19.1 Å². The van der Waals surface area contributed by atoms with Crippen LogP contribution in [0.2, 0.25) is 0 Å². The molecule has 1 saturated heterocycles. The van der Waals surface area contributed by atoms with Gasteiger partial charge in [0.15, 0.2) is 0 Å². The number of hydrogen-bond donors (Lipinski definition) is 0. The SMILES string of the molecule is COC(=O)c1ccccc1-n1c(C)cc(/C=C2/SC(=O)N(Cc3ccccc3C#N)C2=O)c1C. The van der Waals surface area contributed by atoms with E-state index in [4.69, 9.17) is 4.74 Å². The van der Waals surface area contributed by atoms with Crippen LogP contribution in [0, 0.1) is 25.2 Å². The number of imide groups is 1. The molecule has 1 aliphatic rings. The quantitative estimate of drug-likeness (QED) is 0.385. The molecule has 0 bridgehead atoms. The van der Waals surface area contributed by atoms with Crippen LogP contribution < -0.4 is 0 Å². The highest BCUT2D eigenvalue weighted by Gasteiger charge is 2.35. The predicted molar refractivity (Wildman–Crippen MR) is 129 cm³/mol. The van der Waals surface area contributed by atoms with Gasteiger partial charge >= 0.3 is 5.97 Å². The summed E-state index contributed by atoms with van der Waals surface area (Å²) in [6.45, 7) is 3.83. The summed E-state index contributed by atoms with van der Waals surface area (Å²) in [7, 11) is 1.34. The molecule has 0 saturated carbocycles. The lowest BCUT2D eigenvalue weighted by atomic mass is 10.1. The fourth-order valence-electron chi connectivity index (χ4n) is 3.97. The second-order valence-corrected chi connectivity index (χ2v) is 8.70. The number of thioether (sulfide) groups is 1. The van der Waals surface area contributed by atoms with Crippen LogP contribution in [-0.2, 0) is 16.1 Å². The highest BCUT2D eigenvalue weighted by Crippen LogP contribution is 2.35. The van der Waals surface area contributed by atoms with Gasteiger partial charge in [0, 0.05) is 11.4 Å². The molecule has 4 rings (SSSR count). The molecule has 34 heavy (non-hydrogen) atoms. The van der Waals surface area contributed by atoms with E-state index in [0.29, 0.717) is 27.3 Å². The number of aryl methyl sites for hydroxylation is 1. The summed E-state index contributed by atoms with van der Waals surface area (Å²) in [6.07, 6.45) is 1.70. The summed E-state index contributed by atoms with van der Waals surface area (Å²) in [4.78, 5) is 39.4. The number of nitriles is 1. The first-order valence-electron chi connectivity index (χ1n) is 10.5. The molecular formula is C26H21N3O4S. The molecule has 8 heteroatoms. The third-order valence-electron chi connectivity index (χ3n) is 5.65. The number of para-hydroxylation sites is 1. The van der Waals surface area contributed by atoms with E-state index in [1.807, 2.05) is 36.6 Å². The normalized spacial score (nSPS) is 14.5. The molecule has 2 amide bonds. The lowest BCUT2D eigenvalue weighted by Gasteiger charge is -2.14. The Bertz CT molecular complexity index is 1400. The number of carbonyl (C=O) groups excluding carboxylic acids is 3. The van der Waals surface area contributed by atoms with Crippen molar-refractivity contribution in [2.75, 3.05) is 7.11 Å². The van der Waals surface area contributed by atoms with Gasteiger partial charge < -0.3 is 9.30 Å². The van der Waals surface area contributed by atoms with E-state index in [1.54, 1.807) is 42.5 Å². The molecule has 1 fully saturated rings. The average Bonchev–Trinajstić information content (AvgIpc) is 3.27. The van der Waals surface area contributed by atoms with Crippen LogP contribution in [0.3, 0.4) is 0 Å². The molecule has 0 spiro atoms. The Balaban J connectivity index is 1.68. The van der Waals surface area contributed by atoms with Gasteiger partial charge in [-0.3, -0.25) is 14.5 Å². The minimum atomic E-state index is -0.441. The molecule has 0 aliphatic carbocycles. The Morgan fingerprint density at radius 1 is 1.12 bits per heavy atom. The molecule has 0 unspecified atom stereocenters. The summed E-state index contributed by atoms with van der Waals surface area (Å²) in [5, 5.41) is 8.93. The van der Waals surface area contributed by atoms with Gasteiger partial charge in [0.05, 0.1) is 41.4 Å². The first-order valence-corrected chi connectivity index (χ1v) is 11.3. The van der Waals surface area contributed by atoms with E-state index in [-0.39, 0.29) is 11.8 Å². The first-order chi connectivity index (χ1) is 16.3. The van der Waals surface area contributed by atoms with Crippen LogP contribution in [0.4, 0.5) is 4.79 Å². The molecule has 0 radical (unpaired) electrons. The summed E-state index contributed by atoms with van der Waals surface area (Å²) in [5.41, 5.74) is 4.59. The smallest absolute Gasteiger partial charge is 0.339 e. The number of carbonyl (C=O) groups is 3. The fraction of sp³-hybridized carbons (Fsp3) is 0.154. The highest BCUT2D eigenvalue weighted by molar-refractivity contribution is 8.18. The maximum absolute atomic E-state index is 13.0. The van der Waals surface area contributed by atoms with E-state index in [0.717, 1.165) is 33.6 Å². The van der Waals surface area contributed by atoms with Gasteiger partial charge in [-0.1, -0.05) is 30.3 Å². The van der Waals surface area contributed by atoms with Crippen LogP contribution in [0.25, 0.3) is 11.8 Å². The number of benzene rings is 2. The van der Waals surface area contributed by atoms with Crippen molar-refractivity contribution in [2.45, 2.75) is 20.4 Å². The van der Waals surface area contributed by atoms with Gasteiger partial charge in [-0.25, -0.2) is 4.79 Å². The third kappa shape index (κ3) is 4.14. The highest BCUT2D eigenvalue weighted by atomic mass is 32.2. The number of hydrogen-bond acceptors (Lipinski definition) is 6. The van der Waals surface area contributed by atoms with Crippen molar-refractivity contribution in [3.05, 3.63) is 93.1 Å². The second-order valence-electron chi connectivity index (χ2n) is 7.71. The van der Waals surface area contributed by atoms with Gasteiger partial charge in [0.1, 0.15) is 0 Å². The first kappa shape index (κ1) is 23.1. The molecule has 2 heterocycles. The molecular weight excluding hydrogens is 450 g/mol. The minimum Gasteiger partial charge on any atom is -0.465 e. The molecule has 3 aromatic rings. The number of methoxy groups -OCH3 is 1. The Labute approximate surface area is 201 Å². The lowest BCUT2D eigenvalue weighted by molar-refractivity contribution is -0.123. The van der Waals surface area contributed by atoms with E-state index in [2.05, 4.69) is 6.07 Å². The van der Waals surface area contributed by atoms with Gasteiger partial charge in [-0.05, 0) is 67.1 Å². The van der Waals surface area contributed by atoms with Crippen LogP contribution in [0.15, 0.2) is 59.5 Å². The fourth-order valence-corrected chi connectivity index (χ4v) is 4.80. The van der Waals surface area contributed by atoms with E-state index >= 15 is 0 Å². The maximum atomic E-state index is 13.0. The number of esters is 1. The van der Waals surface area contributed by atoms with Crippen LogP contribution in [0.1, 0.15) is 38.4 Å². The maximum Gasteiger partial charge on any atom is 0.339 e. The van der Waals surface area contributed by atoms with Crippen molar-refractivity contribution in [3.8, 4) is 11.8 Å². The van der Waals surface area contributed by atoms with Gasteiger partial charge in [-0.15, -0.1) is 0 Å². The molecule has 0 N–H and O–H groups in total. The van der Waals surface area contributed by atoms with Gasteiger partial charge in [0.25, 0.3) is 11.1 Å².